The lowest BCUT2D eigenvalue weighted by Gasteiger charge is -2.18. The Morgan fingerprint density at radius 3 is 2.58 bits per heavy atom. The van der Waals surface area contributed by atoms with Crippen LogP contribution in [0, 0.1) is 19.3 Å². The maximum atomic E-state index is 8.17. The van der Waals surface area contributed by atoms with E-state index < -0.39 is 0 Å². The zero-order valence-electron chi connectivity index (χ0n) is 13.9. The van der Waals surface area contributed by atoms with Gasteiger partial charge >= 0.3 is 0 Å². The van der Waals surface area contributed by atoms with Crippen molar-refractivity contribution in [2.24, 2.45) is 0 Å². The summed E-state index contributed by atoms with van der Waals surface area (Å²) in [6, 6.07) is 0. The smallest absolute Gasteiger partial charge is 0.223 e. The zero-order valence-corrected chi connectivity index (χ0v) is 15.4. The first-order valence-electron chi connectivity index (χ1n) is 7.16. The van der Waals surface area contributed by atoms with Crippen molar-refractivity contribution in [3.63, 3.8) is 0 Å². The van der Waals surface area contributed by atoms with Gasteiger partial charge in [-0.05, 0) is 25.0 Å². The molecule has 0 amide bonds. The molecule has 0 atom stereocenters. The standard InChI is InChI=1S/C15H19Cl2N7/c1-7-5-20-9(8(2)11(7)16)6-21-14-10(13(18)24(3)4)12(17)22-15(19)23-14/h5,18H,6H2,1-4H3,(H3,19,21,22,23). The lowest BCUT2D eigenvalue weighted by Crippen LogP contribution is -2.25. The number of nitrogens with one attached hydrogen (secondary N) is 2. The lowest BCUT2D eigenvalue weighted by molar-refractivity contribution is 0.618. The summed E-state index contributed by atoms with van der Waals surface area (Å²) in [6.45, 7) is 4.18. The fourth-order valence-electron chi connectivity index (χ4n) is 2.11. The van der Waals surface area contributed by atoms with Crippen molar-refractivity contribution >= 4 is 40.8 Å². The Morgan fingerprint density at radius 1 is 1.29 bits per heavy atom. The van der Waals surface area contributed by atoms with Crippen LogP contribution < -0.4 is 11.1 Å². The largest absolute Gasteiger partial charge is 0.368 e. The van der Waals surface area contributed by atoms with E-state index in [4.69, 9.17) is 34.3 Å². The highest BCUT2D eigenvalue weighted by Crippen LogP contribution is 2.25. The molecule has 4 N–H and O–H groups in total. The van der Waals surface area contributed by atoms with Gasteiger partial charge in [0.15, 0.2) is 0 Å². The zero-order chi connectivity index (χ0) is 18.0. The van der Waals surface area contributed by atoms with Gasteiger partial charge in [-0.2, -0.15) is 4.98 Å². The molecule has 0 aromatic carbocycles. The Labute approximate surface area is 150 Å². The van der Waals surface area contributed by atoms with Crippen LogP contribution in [0.2, 0.25) is 10.2 Å². The minimum Gasteiger partial charge on any atom is -0.368 e. The second-order valence-corrected chi connectivity index (χ2v) is 6.26. The third kappa shape index (κ3) is 3.68. The van der Waals surface area contributed by atoms with Crippen molar-refractivity contribution in [3.8, 4) is 0 Å². The van der Waals surface area contributed by atoms with Crippen LogP contribution in [0.5, 0.6) is 0 Å². The molecule has 0 unspecified atom stereocenters. The summed E-state index contributed by atoms with van der Waals surface area (Å²) < 4.78 is 0. The summed E-state index contributed by atoms with van der Waals surface area (Å²) in [5, 5.41) is 12.1. The number of pyridine rings is 1. The van der Waals surface area contributed by atoms with Gasteiger partial charge in [0.05, 0.1) is 17.8 Å². The molecule has 0 fully saturated rings. The molecule has 0 bridgehead atoms. The van der Waals surface area contributed by atoms with Crippen molar-refractivity contribution in [2.75, 3.05) is 25.1 Å². The number of nitrogen functional groups attached to an aromatic ring is 1. The normalized spacial score (nSPS) is 10.6. The third-order valence-corrected chi connectivity index (χ3v) is 4.37. The van der Waals surface area contributed by atoms with Gasteiger partial charge in [-0.1, -0.05) is 23.2 Å². The number of aryl methyl sites for hydroxylation is 1. The molecule has 2 aromatic heterocycles. The molecule has 2 aromatic rings. The molecule has 7 nitrogen and oxygen atoms in total. The number of nitrogens with zero attached hydrogens (tertiary/aromatic N) is 4. The molecule has 128 valence electrons. The number of nitrogens with two attached hydrogens (primary N) is 1. The molecule has 0 aliphatic heterocycles. The van der Waals surface area contributed by atoms with Gasteiger partial charge in [-0.3, -0.25) is 10.4 Å². The predicted octanol–water partition coefficient (Wildman–Crippen LogP) is 2.88. The summed E-state index contributed by atoms with van der Waals surface area (Å²) in [6.07, 6.45) is 1.72. The van der Waals surface area contributed by atoms with Gasteiger partial charge < -0.3 is 16.0 Å². The molecule has 9 heteroatoms. The molecule has 0 saturated carbocycles. The molecule has 0 saturated heterocycles. The second kappa shape index (κ2) is 7.19. The topological polar surface area (TPSA) is 104 Å². The van der Waals surface area contributed by atoms with Gasteiger partial charge in [0.1, 0.15) is 16.8 Å². The first-order valence-corrected chi connectivity index (χ1v) is 7.91. The van der Waals surface area contributed by atoms with Crippen LogP contribution in [0.15, 0.2) is 6.20 Å². The number of rotatable bonds is 4. The van der Waals surface area contributed by atoms with Gasteiger partial charge in [-0.15, -0.1) is 0 Å². The highest BCUT2D eigenvalue weighted by atomic mass is 35.5. The SMILES string of the molecule is Cc1cnc(CNc2nc(N)nc(Cl)c2C(=N)N(C)C)c(C)c1Cl. The Hall–Kier alpha value is -2.12. The minimum atomic E-state index is 0.0319. The van der Waals surface area contributed by atoms with Crippen LogP contribution in [0.4, 0.5) is 11.8 Å². The van der Waals surface area contributed by atoms with Crippen molar-refractivity contribution in [2.45, 2.75) is 20.4 Å². The molecule has 2 heterocycles. The van der Waals surface area contributed by atoms with Gasteiger partial charge in [0.25, 0.3) is 0 Å². The van der Waals surface area contributed by atoms with Crippen molar-refractivity contribution in [1.82, 2.24) is 19.9 Å². The quantitative estimate of drug-likeness (QED) is 0.436. The maximum Gasteiger partial charge on any atom is 0.223 e. The van der Waals surface area contributed by atoms with Crippen LogP contribution in [0.3, 0.4) is 0 Å². The van der Waals surface area contributed by atoms with E-state index in [1.165, 1.54) is 0 Å². The van der Waals surface area contributed by atoms with E-state index in [1.54, 1.807) is 25.2 Å². The molecule has 0 radical (unpaired) electrons. The predicted molar refractivity (Wildman–Crippen MR) is 98.0 cm³/mol. The Morgan fingerprint density at radius 2 is 1.96 bits per heavy atom. The van der Waals surface area contributed by atoms with E-state index in [1.807, 2.05) is 13.8 Å². The highest BCUT2D eigenvalue weighted by molar-refractivity contribution is 6.33. The Balaban J connectivity index is 2.36. The van der Waals surface area contributed by atoms with Crippen LogP contribution in [-0.2, 0) is 6.54 Å². The molecule has 0 spiro atoms. The number of amidine groups is 1. The Bertz CT molecular complexity index is 790. The molecule has 0 aliphatic rings. The van der Waals surface area contributed by atoms with E-state index >= 15 is 0 Å². The molecule has 24 heavy (non-hydrogen) atoms. The van der Waals surface area contributed by atoms with Crippen molar-refractivity contribution < 1.29 is 0 Å². The second-order valence-electron chi connectivity index (χ2n) is 5.52. The summed E-state index contributed by atoms with van der Waals surface area (Å²) >= 11 is 12.4. The molecule has 0 aliphatic carbocycles. The van der Waals surface area contributed by atoms with Crippen molar-refractivity contribution in [3.05, 3.63) is 38.8 Å². The van der Waals surface area contributed by atoms with Crippen LogP contribution >= 0.6 is 23.2 Å². The first kappa shape index (κ1) is 18.2. The average molecular weight is 368 g/mol. The summed E-state index contributed by atoms with van der Waals surface area (Å²) in [4.78, 5) is 14.1. The number of anilines is 2. The third-order valence-electron chi connectivity index (χ3n) is 3.51. The number of aromatic nitrogens is 3. The fraction of sp³-hybridized carbons (Fsp3) is 0.333. The maximum absolute atomic E-state index is 8.17. The number of hydrogen-bond acceptors (Lipinski definition) is 6. The van der Waals surface area contributed by atoms with Gasteiger partial charge in [0, 0.05) is 25.3 Å². The number of halogens is 2. The van der Waals surface area contributed by atoms with E-state index in [-0.39, 0.29) is 16.9 Å². The van der Waals surface area contributed by atoms with E-state index in [0.717, 1.165) is 16.8 Å². The van der Waals surface area contributed by atoms with Crippen LogP contribution in [0.25, 0.3) is 0 Å². The summed E-state index contributed by atoms with van der Waals surface area (Å²) in [7, 11) is 3.48. The molecular formula is C15H19Cl2N7. The van der Waals surface area contributed by atoms with Crippen LogP contribution in [-0.4, -0.2) is 39.8 Å². The highest BCUT2D eigenvalue weighted by Gasteiger charge is 2.18. The summed E-state index contributed by atoms with van der Waals surface area (Å²) in [5.74, 6) is 0.586. The lowest BCUT2D eigenvalue weighted by atomic mass is 10.1. The summed E-state index contributed by atoms with van der Waals surface area (Å²) in [5.41, 5.74) is 8.65. The Kier molecular flexibility index (Phi) is 5.46. The van der Waals surface area contributed by atoms with Gasteiger partial charge in [-0.25, -0.2) is 4.98 Å². The minimum absolute atomic E-state index is 0.0319. The monoisotopic (exact) mass is 367 g/mol. The van der Waals surface area contributed by atoms with Crippen LogP contribution in [0.1, 0.15) is 22.4 Å². The number of hydrogen-bond donors (Lipinski definition) is 3. The average Bonchev–Trinajstić information content (AvgIpc) is 2.51. The molecular weight excluding hydrogens is 349 g/mol. The van der Waals surface area contributed by atoms with Gasteiger partial charge in [0.2, 0.25) is 5.95 Å². The van der Waals surface area contributed by atoms with E-state index in [9.17, 15) is 0 Å². The van der Waals surface area contributed by atoms with Crippen molar-refractivity contribution in [1.29, 1.82) is 5.41 Å². The fourth-order valence-corrected chi connectivity index (χ4v) is 2.53. The van der Waals surface area contributed by atoms with E-state index in [2.05, 4.69) is 20.3 Å². The first-order chi connectivity index (χ1) is 11.2. The molecule has 2 rings (SSSR count). The van der Waals surface area contributed by atoms with E-state index in [0.29, 0.717) is 22.9 Å².